The molecule has 0 fully saturated rings. The first-order valence-electron chi connectivity index (χ1n) is 9.06. The fourth-order valence-electron chi connectivity index (χ4n) is 2.95. The molecule has 2 heterocycles. The zero-order valence-corrected chi connectivity index (χ0v) is 16.6. The highest BCUT2D eigenvalue weighted by molar-refractivity contribution is 7.19. The number of hydrogen-bond donors (Lipinski definition) is 2. The number of aromatic hydroxyl groups is 1. The van der Waals surface area contributed by atoms with Gasteiger partial charge in [-0.25, -0.2) is 4.98 Å². The number of phenolic OH excluding ortho intramolecular Hbond substituents is 1. The molecule has 0 unspecified atom stereocenters. The number of imidazole rings is 1. The zero-order chi connectivity index (χ0) is 19.5. The minimum absolute atomic E-state index is 0.174. The number of H-pyrrole nitrogens is 1. The molecule has 0 bridgehead atoms. The van der Waals surface area contributed by atoms with E-state index in [2.05, 4.69) is 38.4 Å². The molecule has 0 saturated carbocycles. The Bertz CT molecular complexity index is 1070. The van der Waals surface area contributed by atoms with Gasteiger partial charge in [0.05, 0.1) is 16.3 Å². The minimum Gasteiger partial charge on any atom is -0.507 e. The summed E-state index contributed by atoms with van der Waals surface area (Å²) in [7, 11) is 4.00. The van der Waals surface area contributed by atoms with E-state index >= 15 is 0 Å². The maximum Gasteiger partial charge on any atom is 0.200 e. The number of phenols is 1. The van der Waals surface area contributed by atoms with Crippen molar-refractivity contribution < 1.29 is 5.11 Å². The molecule has 0 saturated heterocycles. The van der Waals surface area contributed by atoms with Gasteiger partial charge in [-0.15, -0.1) is 10.2 Å². The number of hydrogen-bond acceptors (Lipinski definition) is 6. The summed E-state index contributed by atoms with van der Waals surface area (Å²) in [5.74, 6) is 1.26. The van der Waals surface area contributed by atoms with E-state index in [1.165, 1.54) is 0 Å². The van der Waals surface area contributed by atoms with Crippen molar-refractivity contribution in [1.29, 1.82) is 0 Å². The van der Waals surface area contributed by atoms with E-state index in [0.717, 1.165) is 34.1 Å². The fraction of sp³-hybridized carbons (Fsp3) is 0.190. The van der Waals surface area contributed by atoms with Crippen LogP contribution >= 0.6 is 11.3 Å². The highest BCUT2D eigenvalue weighted by Crippen LogP contribution is 2.36. The van der Waals surface area contributed by atoms with Gasteiger partial charge in [-0.3, -0.25) is 0 Å². The highest BCUT2D eigenvalue weighted by Gasteiger charge is 2.17. The molecule has 0 spiro atoms. The van der Waals surface area contributed by atoms with Crippen LogP contribution in [-0.4, -0.2) is 29.2 Å². The van der Waals surface area contributed by atoms with E-state index < -0.39 is 0 Å². The minimum atomic E-state index is 0.174. The lowest BCUT2D eigenvalue weighted by molar-refractivity contribution is 0.477. The van der Waals surface area contributed by atoms with Gasteiger partial charge in [0.2, 0.25) is 5.82 Å². The van der Waals surface area contributed by atoms with E-state index in [4.69, 9.17) is 0 Å². The average Bonchev–Trinajstić information content (AvgIpc) is 3.35. The summed E-state index contributed by atoms with van der Waals surface area (Å²) in [4.78, 5) is 9.98. The molecule has 2 aromatic heterocycles. The Labute approximate surface area is 167 Å². The molecule has 1 aliphatic rings. The van der Waals surface area contributed by atoms with Crippen molar-refractivity contribution in [1.82, 2.24) is 9.97 Å². The molecule has 0 radical (unpaired) electrons. The summed E-state index contributed by atoms with van der Waals surface area (Å²) in [5, 5.41) is 20.9. The Balaban J connectivity index is 1.74. The molecule has 142 valence electrons. The molecular weight excluding hydrogens is 370 g/mol. The molecule has 28 heavy (non-hydrogen) atoms. The molecule has 1 aromatic carbocycles. The number of azo groups is 1. The van der Waals surface area contributed by atoms with E-state index in [-0.39, 0.29) is 5.75 Å². The predicted octanol–water partition coefficient (Wildman–Crippen LogP) is 6.06. The molecule has 6 nitrogen and oxygen atoms in total. The smallest absolute Gasteiger partial charge is 0.200 e. The summed E-state index contributed by atoms with van der Waals surface area (Å²) in [6.07, 6.45) is 8.38. The molecule has 0 aliphatic heterocycles. The lowest BCUT2D eigenvalue weighted by atomic mass is 10.0. The zero-order valence-electron chi connectivity index (χ0n) is 15.8. The third-order valence-corrected chi connectivity index (χ3v) is 5.53. The molecule has 4 rings (SSSR count). The number of nitrogens with one attached hydrogen (secondary N) is 1. The molecule has 0 amide bonds. The Morgan fingerprint density at radius 2 is 1.96 bits per heavy atom. The van der Waals surface area contributed by atoms with Gasteiger partial charge in [0.15, 0.2) is 0 Å². The van der Waals surface area contributed by atoms with Gasteiger partial charge in [-0.2, -0.15) is 0 Å². The van der Waals surface area contributed by atoms with Crippen LogP contribution in [0.3, 0.4) is 0 Å². The quantitative estimate of drug-likeness (QED) is 0.519. The molecule has 1 aliphatic carbocycles. The lowest BCUT2D eigenvalue weighted by Crippen LogP contribution is -2.05. The predicted molar refractivity (Wildman–Crippen MR) is 115 cm³/mol. The van der Waals surface area contributed by atoms with Gasteiger partial charge in [0, 0.05) is 14.1 Å². The van der Waals surface area contributed by atoms with Crippen molar-refractivity contribution in [2.45, 2.75) is 12.8 Å². The second-order valence-corrected chi connectivity index (χ2v) is 7.69. The van der Waals surface area contributed by atoms with E-state index in [0.29, 0.717) is 17.2 Å². The molecule has 3 aromatic rings. The lowest BCUT2D eigenvalue weighted by Gasteiger charge is -2.06. The van der Waals surface area contributed by atoms with Crippen molar-refractivity contribution in [3.63, 3.8) is 0 Å². The topological polar surface area (TPSA) is 76.9 Å². The number of anilines is 1. The second-order valence-electron chi connectivity index (χ2n) is 6.65. The third-order valence-electron chi connectivity index (χ3n) is 4.39. The van der Waals surface area contributed by atoms with Crippen LogP contribution in [0, 0.1) is 0 Å². The SMILES string of the molecule is CN(C)c1ccc(N=Nc2nc(-c3ccccc3O)[nH]c2C2=CCCC=C2)s1. The van der Waals surface area contributed by atoms with Crippen molar-refractivity contribution >= 4 is 32.7 Å². The summed E-state index contributed by atoms with van der Waals surface area (Å²) in [6.45, 7) is 0. The van der Waals surface area contributed by atoms with Gasteiger partial charge >= 0.3 is 0 Å². The van der Waals surface area contributed by atoms with Gasteiger partial charge in [-0.05, 0) is 42.7 Å². The number of aromatic nitrogens is 2. The standard InChI is InChI=1S/C21H21N5OS/c1-26(2)18-13-12-17(28-18)24-25-21-19(14-8-4-3-5-9-14)22-20(23-21)15-10-6-7-11-16(15)27/h4,6-13,27H,3,5H2,1-2H3,(H,22,23). The highest BCUT2D eigenvalue weighted by atomic mass is 32.1. The van der Waals surface area contributed by atoms with Gasteiger partial charge < -0.3 is 15.0 Å². The Morgan fingerprint density at radius 3 is 2.68 bits per heavy atom. The Morgan fingerprint density at radius 1 is 1.11 bits per heavy atom. The first-order valence-corrected chi connectivity index (χ1v) is 9.88. The van der Waals surface area contributed by atoms with Crippen molar-refractivity contribution in [2.24, 2.45) is 10.2 Å². The summed E-state index contributed by atoms with van der Waals surface area (Å²) < 4.78 is 0. The first kappa shape index (κ1) is 18.2. The van der Waals surface area contributed by atoms with Gasteiger partial charge in [0.1, 0.15) is 16.6 Å². The van der Waals surface area contributed by atoms with Crippen LogP contribution in [0.4, 0.5) is 15.8 Å². The fourth-order valence-corrected chi connectivity index (χ4v) is 3.70. The normalized spacial score (nSPS) is 13.9. The number of thiophene rings is 1. The summed E-state index contributed by atoms with van der Waals surface area (Å²) >= 11 is 1.57. The average molecular weight is 392 g/mol. The van der Waals surface area contributed by atoms with Crippen molar-refractivity contribution in [2.75, 3.05) is 19.0 Å². The van der Waals surface area contributed by atoms with Crippen LogP contribution in [0.5, 0.6) is 5.75 Å². The van der Waals surface area contributed by atoms with Crippen LogP contribution in [-0.2, 0) is 0 Å². The Kier molecular flexibility index (Phi) is 5.08. The van der Waals surface area contributed by atoms with Crippen LogP contribution in [0.1, 0.15) is 18.5 Å². The first-order chi connectivity index (χ1) is 13.6. The summed E-state index contributed by atoms with van der Waals surface area (Å²) in [6, 6.07) is 11.1. The number of benzene rings is 1. The van der Waals surface area contributed by atoms with E-state index in [9.17, 15) is 5.11 Å². The Hall–Kier alpha value is -3.19. The molecule has 0 atom stereocenters. The van der Waals surface area contributed by atoms with Crippen LogP contribution < -0.4 is 4.90 Å². The van der Waals surface area contributed by atoms with Gasteiger partial charge in [-0.1, -0.05) is 41.7 Å². The van der Waals surface area contributed by atoms with Crippen molar-refractivity contribution in [3.8, 4) is 17.1 Å². The molecule has 7 heteroatoms. The van der Waals surface area contributed by atoms with Gasteiger partial charge in [0.25, 0.3) is 0 Å². The third kappa shape index (κ3) is 3.75. The number of nitrogens with zero attached hydrogens (tertiary/aromatic N) is 4. The largest absolute Gasteiger partial charge is 0.507 e. The molecule has 2 N–H and O–H groups in total. The van der Waals surface area contributed by atoms with Crippen LogP contribution in [0.25, 0.3) is 17.0 Å². The van der Waals surface area contributed by atoms with E-state index in [1.807, 2.05) is 43.3 Å². The molecular formula is C21H21N5OS. The van der Waals surface area contributed by atoms with Crippen molar-refractivity contribution in [3.05, 3.63) is 60.3 Å². The number of para-hydroxylation sites is 1. The maximum absolute atomic E-state index is 10.2. The maximum atomic E-state index is 10.2. The second kappa shape index (κ2) is 7.82. The summed E-state index contributed by atoms with van der Waals surface area (Å²) in [5.41, 5.74) is 2.48. The van der Waals surface area contributed by atoms with Crippen LogP contribution in [0.15, 0.2) is 64.9 Å². The van der Waals surface area contributed by atoms with E-state index in [1.54, 1.807) is 23.5 Å². The monoisotopic (exact) mass is 391 g/mol. The number of aromatic amines is 1. The van der Waals surface area contributed by atoms with Crippen LogP contribution in [0.2, 0.25) is 0 Å². The number of allylic oxidation sites excluding steroid dienone is 4. The number of rotatable bonds is 5.